The number of rotatable bonds is 4. The minimum atomic E-state index is 0.212. The van der Waals surface area contributed by atoms with Gasteiger partial charge in [-0.05, 0) is 44.4 Å². The molecule has 0 unspecified atom stereocenters. The molecule has 2 aromatic rings. The molecule has 6 nitrogen and oxygen atoms in total. The number of nitrogens with zero attached hydrogens (tertiary/aromatic N) is 5. The summed E-state index contributed by atoms with van der Waals surface area (Å²) in [6.45, 7) is 4.49. The zero-order valence-corrected chi connectivity index (χ0v) is 14.7. The molecule has 2 aliphatic heterocycles. The maximum absolute atomic E-state index is 11.9. The molecule has 132 valence electrons. The van der Waals surface area contributed by atoms with Gasteiger partial charge < -0.3 is 4.90 Å². The van der Waals surface area contributed by atoms with E-state index in [9.17, 15) is 4.79 Å². The molecule has 25 heavy (non-hydrogen) atoms. The van der Waals surface area contributed by atoms with Gasteiger partial charge in [0.1, 0.15) is 0 Å². The standard InChI is InChI=1S/C19H25N5O/c1-15(25)23-12-6-10-19(23)18-9-5-11-22(18)14-16-13-20-24(21-16)17-7-3-2-4-8-17/h2-4,7-8,13,18-19H,5-6,9-12,14H2,1H3/t18-,19-/m1/s1. The SMILES string of the molecule is CC(=O)N1CCC[C@@H]1[C@H]1CCCN1Cc1cnn(-c2ccccc2)n1. The first kappa shape index (κ1) is 16.3. The Morgan fingerprint density at radius 3 is 2.68 bits per heavy atom. The molecular formula is C19H25N5O. The Bertz CT molecular complexity index is 728. The fraction of sp³-hybridized carbons (Fsp3) is 0.526. The molecule has 0 bridgehead atoms. The van der Waals surface area contributed by atoms with Crippen molar-refractivity contribution in [3.63, 3.8) is 0 Å². The fourth-order valence-electron chi connectivity index (χ4n) is 4.33. The summed E-state index contributed by atoms with van der Waals surface area (Å²) in [7, 11) is 0. The van der Waals surface area contributed by atoms with Crippen LogP contribution in [0, 0.1) is 0 Å². The van der Waals surface area contributed by atoms with Crippen LogP contribution in [0.3, 0.4) is 0 Å². The van der Waals surface area contributed by atoms with E-state index in [0.717, 1.165) is 43.9 Å². The highest BCUT2D eigenvalue weighted by atomic mass is 16.2. The number of likely N-dealkylation sites (tertiary alicyclic amines) is 2. The molecule has 2 aliphatic rings. The zero-order chi connectivity index (χ0) is 17.2. The van der Waals surface area contributed by atoms with Crippen LogP contribution in [-0.2, 0) is 11.3 Å². The fourth-order valence-corrected chi connectivity index (χ4v) is 4.33. The van der Waals surface area contributed by atoms with Gasteiger partial charge in [0.15, 0.2) is 0 Å². The van der Waals surface area contributed by atoms with Crippen LogP contribution in [0.25, 0.3) is 5.69 Å². The van der Waals surface area contributed by atoms with Gasteiger partial charge >= 0.3 is 0 Å². The van der Waals surface area contributed by atoms with Crippen LogP contribution in [0.1, 0.15) is 38.3 Å². The third kappa shape index (κ3) is 3.31. The van der Waals surface area contributed by atoms with Crippen molar-refractivity contribution in [3.05, 3.63) is 42.2 Å². The van der Waals surface area contributed by atoms with Gasteiger partial charge in [-0.3, -0.25) is 9.69 Å². The third-order valence-corrected chi connectivity index (χ3v) is 5.45. The second-order valence-electron chi connectivity index (χ2n) is 7.06. The Hall–Kier alpha value is -2.21. The number of hydrogen-bond donors (Lipinski definition) is 0. The first-order valence-electron chi connectivity index (χ1n) is 9.20. The van der Waals surface area contributed by atoms with Crippen molar-refractivity contribution in [1.82, 2.24) is 24.8 Å². The van der Waals surface area contributed by atoms with E-state index in [4.69, 9.17) is 0 Å². The second-order valence-corrected chi connectivity index (χ2v) is 7.06. The average Bonchev–Trinajstić information content (AvgIpc) is 3.36. The monoisotopic (exact) mass is 339 g/mol. The van der Waals surface area contributed by atoms with Crippen molar-refractivity contribution in [2.45, 2.75) is 51.2 Å². The molecule has 3 heterocycles. The van der Waals surface area contributed by atoms with Gasteiger partial charge in [-0.2, -0.15) is 15.0 Å². The molecule has 2 saturated heterocycles. The lowest BCUT2D eigenvalue weighted by Gasteiger charge is -2.34. The van der Waals surface area contributed by atoms with Crippen LogP contribution < -0.4 is 0 Å². The first-order chi connectivity index (χ1) is 12.2. The lowest BCUT2D eigenvalue weighted by atomic mass is 10.0. The van der Waals surface area contributed by atoms with Crippen LogP contribution in [0.4, 0.5) is 0 Å². The van der Waals surface area contributed by atoms with Crippen molar-refractivity contribution < 1.29 is 4.79 Å². The molecule has 1 aromatic heterocycles. The minimum Gasteiger partial charge on any atom is -0.338 e. The number of benzene rings is 1. The zero-order valence-electron chi connectivity index (χ0n) is 14.7. The highest BCUT2D eigenvalue weighted by molar-refractivity contribution is 5.74. The van der Waals surface area contributed by atoms with Gasteiger partial charge in [-0.25, -0.2) is 0 Å². The van der Waals surface area contributed by atoms with Crippen molar-refractivity contribution >= 4 is 5.91 Å². The van der Waals surface area contributed by atoms with Crippen LogP contribution in [0.2, 0.25) is 0 Å². The molecule has 0 aliphatic carbocycles. The minimum absolute atomic E-state index is 0.212. The van der Waals surface area contributed by atoms with E-state index in [0.29, 0.717) is 12.1 Å². The normalized spacial score (nSPS) is 24.1. The Morgan fingerprint density at radius 1 is 1.12 bits per heavy atom. The molecule has 6 heteroatoms. The Morgan fingerprint density at radius 2 is 1.88 bits per heavy atom. The van der Waals surface area contributed by atoms with Gasteiger partial charge in [0, 0.05) is 32.1 Å². The van der Waals surface area contributed by atoms with Gasteiger partial charge in [-0.15, -0.1) is 0 Å². The summed E-state index contributed by atoms with van der Waals surface area (Å²) in [6.07, 6.45) is 6.47. The van der Waals surface area contributed by atoms with Gasteiger partial charge in [0.05, 0.1) is 17.6 Å². The van der Waals surface area contributed by atoms with Gasteiger partial charge in [0.2, 0.25) is 5.91 Å². The Labute approximate surface area is 148 Å². The Kier molecular flexibility index (Phi) is 4.53. The number of hydrogen-bond acceptors (Lipinski definition) is 4. The van der Waals surface area contributed by atoms with Crippen LogP contribution in [-0.4, -0.2) is 55.9 Å². The van der Waals surface area contributed by atoms with Crippen LogP contribution >= 0.6 is 0 Å². The lowest BCUT2D eigenvalue weighted by molar-refractivity contribution is -0.130. The summed E-state index contributed by atoms with van der Waals surface area (Å²) in [5.74, 6) is 0.212. The molecule has 2 atom stereocenters. The van der Waals surface area contributed by atoms with E-state index in [1.165, 1.54) is 12.8 Å². The molecule has 1 amide bonds. The Balaban J connectivity index is 1.47. The van der Waals surface area contributed by atoms with E-state index in [-0.39, 0.29) is 5.91 Å². The van der Waals surface area contributed by atoms with E-state index < -0.39 is 0 Å². The van der Waals surface area contributed by atoms with E-state index in [2.05, 4.69) is 20.0 Å². The number of carbonyl (C=O) groups excluding carboxylic acids is 1. The molecule has 0 saturated carbocycles. The highest BCUT2D eigenvalue weighted by Gasteiger charge is 2.38. The summed E-state index contributed by atoms with van der Waals surface area (Å²) in [5.41, 5.74) is 1.97. The molecule has 0 spiro atoms. The van der Waals surface area contributed by atoms with Crippen molar-refractivity contribution in [2.24, 2.45) is 0 Å². The third-order valence-electron chi connectivity index (χ3n) is 5.45. The number of amides is 1. The topological polar surface area (TPSA) is 54.3 Å². The van der Waals surface area contributed by atoms with E-state index in [1.54, 1.807) is 11.7 Å². The number of aromatic nitrogens is 3. The highest BCUT2D eigenvalue weighted by Crippen LogP contribution is 2.30. The summed E-state index contributed by atoms with van der Waals surface area (Å²) in [6, 6.07) is 10.8. The molecular weight excluding hydrogens is 314 g/mol. The van der Waals surface area contributed by atoms with Gasteiger partial charge in [0.25, 0.3) is 0 Å². The quantitative estimate of drug-likeness (QED) is 0.857. The van der Waals surface area contributed by atoms with Crippen molar-refractivity contribution in [3.8, 4) is 5.69 Å². The number of carbonyl (C=O) groups is 1. The molecule has 1 aromatic carbocycles. The largest absolute Gasteiger partial charge is 0.338 e. The maximum Gasteiger partial charge on any atom is 0.219 e. The first-order valence-corrected chi connectivity index (χ1v) is 9.20. The molecule has 0 N–H and O–H groups in total. The van der Waals surface area contributed by atoms with E-state index in [1.807, 2.05) is 36.5 Å². The summed E-state index contributed by atoms with van der Waals surface area (Å²) in [5, 5.41) is 9.05. The van der Waals surface area contributed by atoms with Crippen LogP contribution in [0.15, 0.2) is 36.5 Å². The molecule has 0 radical (unpaired) electrons. The number of para-hydroxylation sites is 1. The predicted molar refractivity (Wildman–Crippen MR) is 95.2 cm³/mol. The van der Waals surface area contributed by atoms with Crippen molar-refractivity contribution in [1.29, 1.82) is 0 Å². The molecule has 4 rings (SSSR count). The summed E-state index contributed by atoms with van der Waals surface area (Å²) >= 11 is 0. The average molecular weight is 339 g/mol. The van der Waals surface area contributed by atoms with Crippen molar-refractivity contribution in [2.75, 3.05) is 13.1 Å². The maximum atomic E-state index is 11.9. The second kappa shape index (κ2) is 6.96. The molecule has 2 fully saturated rings. The summed E-state index contributed by atoms with van der Waals surface area (Å²) in [4.78, 5) is 18.2. The smallest absolute Gasteiger partial charge is 0.219 e. The predicted octanol–water partition coefficient (Wildman–Crippen LogP) is 2.24. The summed E-state index contributed by atoms with van der Waals surface area (Å²) < 4.78 is 0. The van der Waals surface area contributed by atoms with Gasteiger partial charge in [-0.1, -0.05) is 18.2 Å². The van der Waals surface area contributed by atoms with E-state index >= 15 is 0 Å². The van der Waals surface area contributed by atoms with Crippen LogP contribution in [0.5, 0.6) is 0 Å². The lowest BCUT2D eigenvalue weighted by Crippen LogP contribution is -2.47.